The normalized spacial score (nSPS) is 19.4. The highest BCUT2D eigenvalue weighted by Crippen LogP contribution is 2.44. The molecule has 1 aliphatic heterocycles. The van der Waals surface area contributed by atoms with E-state index in [4.69, 9.17) is 30.2 Å². The first kappa shape index (κ1) is 35.9. The number of β-lactam (4-membered cyclic amide) rings is 1. The first-order valence-corrected chi connectivity index (χ1v) is 19.2. The Kier molecular flexibility index (Phi) is 10.7. The largest absolute Gasteiger partial charge is 0.459 e. The van der Waals surface area contributed by atoms with Crippen LogP contribution in [0.2, 0.25) is 18.1 Å². The second-order valence-corrected chi connectivity index (χ2v) is 19.1. The highest BCUT2D eigenvalue weighted by Gasteiger charge is 2.58. The van der Waals surface area contributed by atoms with Crippen molar-refractivity contribution in [2.75, 3.05) is 20.8 Å². The Bertz CT molecular complexity index is 1580. The van der Waals surface area contributed by atoms with Gasteiger partial charge in [0, 0.05) is 44.3 Å². The van der Waals surface area contributed by atoms with E-state index in [-0.39, 0.29) is 23.3 Å². The first-order chi connectivity index (χ1) is 21.6. The Balaban J connectivity index is 1.70. The molecule has 5 atom stereocenters. The second-order valence-electron chi connectivity index (χ2n) is 12.9. The number of carbonyl (C=O) groups excluding carboxylic acids is 3. The van der Waals surface area contributed by atoms with Gasteiger partial charge in [0.15, 0.2) is 14.1 Å². The SMILES string of the molecule is C=CCOC(=O)C(Cl)N1C(=O)[C@H]([C@@H](C)O[Si](C)(C)C(C)(C)C)[C@H]1[C@@H](C)C(=O)c1cn2cnc(C(OC)(OC)c3cccnc3)c2s1. The fourth-order valence-electron chi connectivity index (χ4n) is 5.61. The van der Waals surface area contributed by atoms with Gasteiger partial charge in [0.1, 0.15) is 23.5 Å². The summed E-state index contributed by atoms with van der Waals surface area (Å²) >= 11 is 7.78. The van der Waals surface area contributed by atoms with Crippen molar-refractivity contribution >= 4 is 53.7 Å². The summed E-state index contributed by atoms with van der Waals surface area (Å²) in [4.78, 5) is 51.8. The summed E-state index contributed by atoms with van der Waals surface area (Å²) in [5, 5.41) is -0.103. The molecule has 0 aliphatic carbocycles. The van der Waals surface area contributed by atoms with E-state index >= 15 is 0 Å². The van der Waals surface area contributed by atoms with Crippen LogP contribution in [0.15, 0.2) is 49.7 Å². The molecule has 14 heteroatoms. The number of nitrogens with zero attached hydrogens (tertiary/aromatic N) is 4. The molecule has 11 nitrogen and oxygen atoms in total. The van der Waals surface area contributed by atoms with Crippen molar-refractivity contribution in [2.45, 2.75) is 76.2 Å². The van der Waals surface area contributed by atoms with Crippen molar-refractivity contribution in [3.8, 4) is 0 Å². The predicted molar refractivity (Wildman–Crippen MR) is 178 cm³/mol. The molecule has 3 aromatic rings. The second kappa shape index (κ2) is 13.7. The van der Waals surface area contributed by atoms with Gasteiger partial charge < -0.3 is 23.5 Å². The van der Waals surface area contributed by atoms with Crippen molar-refractivity contribution in [3.63, 3.8) is 0 Å². The lowest BCUT2D eigenvalue weighted by atomic mass is 9.75. The number of esters is 1. The zero-order valence-corrected chi connectivity index (χ0v) is 30.3. The van der Waals surface area contributed by atoms with E-state index in [2.05, 4.69) is 50.4 Å². The third-order valence-electron chi connectivity index (χ3n) is 9.11. The summed E-state index contributed by atoms with van der Waals surface area (Å²) in [6, 6.07) is 2.88. The maximum absolute atomic E-state index is 14.2. The van der Waals surface area contributed by atoms with Gasteiger partial charge in [0.25, 0.3) is 0 Å². The minimum absolute atomic E-state index is 0.0562. The number of ketones is 1. The molecule has 1 fully saturated rings. The molecule has 0 spiro atoms. The van der Waals surface area contributed by atoms with E-state index in [1.54, 1.807) is 42.3 Å². The van der Waals surface area contributed by atoms with Crippen molar-refractivity contribution in [1.82, 2.24) is 19.3 Å². The number of thiazole rings is 1. The molecule has 0 saturated carbocycles. The molecule has 1 amide bonds. The van der Waals surface area contributed by atoms with Crippen LogP contribution in [-0.4, -0.2) is 83.7 Å². The number of imidazole rings is 1. The summed E-state index contributed by atoms with van der Waals surface area (Å²) in [5.41, 5.74) is -0.320. The number of ether oxygens (including phenoxy) is 3. The molecule has 0 aromatic carbocycles. The van der Waals surface area contributed by atoms with E-state index in [1.165, 1.54) is 36.5 Å². The van der Waals surface area contributed by atoms with Crippen LogP contribution in [0.1, 0.15) is 55.5 Å². The number of hydrogen-bond acceptors (Lipinski definition) is 10. The molecule has 1 saturated heterocycles. The zero-order chi connectivity index (χ0) is 34.2. The Morgan fingerprint density at radius 1 is 1.22 bits per heavy atom. The Hall–Kier alpha value is -2.94. The maximum Gasteiger partial charge on any atom is 0.344 e. The van der Waals surface area contributed by atoms with Crippen LogP contribution in [0.3, 0.4) is 0 Å². The highest BCUT2D eigenvalue weighted by molar-refractivity contribution is 7.19. The topological polar surface area (TPSA) is 122 Å². The van der Waals surface area contributed by atoms with Gasteiger partial charge in [-0.1, -0.05) is 58.0 Å². The molecule has 3 aromatic heterocycles. The molecular formula is C32H43ClN4O7SSi. The fourth-order valence-corrected chi connectivity index (χ4v) is 8.48. The summed E-state index contributed by atoms with van der Waals surface area (Å²) in [7, 11) is 0.743. The molecule has 1 aliphatic rings. The van der Waals surface area contributed by atoms with Crippen molar-refractivity contribution in [2.24, 2.45) is 11.8 Å². The van der Waals surface area contributed by atoms with E-state index < -0.39 is 49.6 Å². The van der Waals surface area contributed by atoms with Gasteiger partial charge in [0.2, 0.25) is 17.2 Å². The quantitative estimate of drug-likeness (QED) is 0.0309. The van der Waals surface area contributed by atoms with Crippen LogP contribution in [0.4, 0.5) is 0 Å². The first-order valence-electron chi connectivity index (χ1n) is 15.0. The van der Waals surface area contributed by atoms with Crippen LogP contribution < -0.4 is 0 Å². The Labute approximate surface area is 280 Å². The number of halogens is 1. The summed E-state index contributed by atoms with van der Waals surface area (Å²) in [5.74, 6) is -4.17. The average Bonchev–Trinajstić information content (AvgIpc) is 3.60. The predicted octanol–water partition coefficient (Wildman–Crippen LogP) is 5.63. The molecular weight excluding hydrogens is 648 g/mol. The number of rotatable bonds is 14. The molecule has 1 unspecified atom stereocenters. The van der Waals surface area contributed by atoms with Crippen molar-refractivity contribution in [1.29, 1.82) is 0 Å². The highest BCUT2D eigenvalue weighted by atomic mass is 35.5. The molecule has 0 bridgehead atoms. The van der Waals surface area contributed by atoms with Gasteiger partial charge in [0.05, 0.1) is 22.9 Å². The van der Waals surface area contributed by atoms with Crippen LogP contribution >= 0.6 is 22.9 Å². The number of fused-ring (bicyclic) bond motifs is 1. The monoisotopic (exact) mass is 690 g/mol. The lowest BCUT2D eigenvalue weighted by Crippen LogP contribution is -2.71. The summed E-state index contributed by atoms with van der Waals surface area (Å²) in [6.07, 6.45) is 7.47. The minimum Gasteiger partial charge on any atom is -0.459 e. The number of carbonyl (C=O) groups is 3. The standard InChI is InChI=1S/C32H43ClN4O7SSi/c1-11-15-43-30(40)27(33)37-24(23(28(37)39)20(3)44-46(9,10)31(4,5)6)19(2)25(38)22-17-36-18-35-26(29(36)45-22)32(41-7,42-8)21-13-12-14-34-16-21/h11-14,16-20,23-24,27H,1,15H2,2-10H3/t19-,20-,23-,24-,27?/m1/s1. The molecule has 4 rings (SSSR count). The van der Waals surface area contributed by atoms with E-state index in [0.29, 0.717) is 21.0 Å². The number of pyridine rings is 1. The fraction of sp³-hybridized carbons (Fsp3) is 0.531. The number of Topliss-reactive ketones (excluding diaryl/α,β-unsaturated/α-hetero) is 1. The number of methoxy groups -OCH3 is 2. The number of alkyl halides is 1. The van der Waals surface area contributed by atoms with Gasteiger partial charge in [-0.25, -0.2) is 9.78 Å². The van der Waals surface area contributed by atoms with Gasteiger partial charge in [-0.3, -0.25) is 19.0 Å². The Morgan fingerprint density at radius 2 is 1.89 bits per heavy atom. The minimum atomic E-state index is -2.29. The van der Waals surface area contributed by atoms with Crippen LogP contribution in [0, 0.1) is 11.8 Å². The van der Waals surface area contributed by atoms with Gasteiger partial charge in [-0.05, 0) is 31.1 Å². The molecule has 4 heterocycles. The van der Waals surface area contributed by atoms with Crippen molar-refractivity contribution in [3.05, 3.63) is 65.8 Å². The summed E-state index contributed by atoms with van der Waals surface area (Å²) in [6.45, 7) is 17.7. The number of amides is 1. The molecule has 0 radical (unpaired) electrons. The lowest BCUT2D eigenvalue weighted by molar-refractivity contribution is -0.185. The van der Waals surface area contributed by atoms with Gasteiger partial charge >= 0.3 is 5.97 Å². The molecule has 46 heavy (non-hydrogen) atoms. The van der Waals surface area contributed by atoms with Gasteiger partial charge in [-0.15, -0.1) is 11.3 Å². The van der Waals surface area contributed by atoms with Crippen LogP contribution in [0.5, 0.6) is 0 Å². The number of hydrogen-bond donors (Lipinski definition) is 0. The molecule has 250 valence electrons. The van der Waals surface area contributed by atoms with Crippen molar-refractivity contribution < 1.29 is 33.0 Å². The Morgan fingerprint density at radius 3 is 2.46 bits per heavy atom. The number of aromatic nitrogens is 3. The molecule has 0 N–H and O–H groups in total. The van der Waals surface area contributed by atoms with E-state index in [0.717, 1.165) is 0 Å². The lowest BCUT2D eigenvalue weighted by Gasteiger charge is -2.53. The summed E-state index contributed by atoms with van der Waals surface area (Å²) < 4.78 is 25.3. The van der Waals surface area contributed by atoms with E-state index in [9.17, 15) is 14.4 Å². The van der Waals surface area contributed by atoms with Crippen LogP contribution in [-0.2, 0) is 34.0 Å². The maximum atomic E-state index is 14.2. The smallest absolute Gasteiger partial charge is 0.344 e. The van der Waals surface area contributed by atoms with E-state index in [1.807, 2.05) is 13.0 Å². The number of likely N-dealkylation sites (tertiary alicyclic amines) is 1. The third kappa shape index (κ3) is 6.32. The zero-order valence-electron chi connectivity index (χ0n) is 27.8. The van der Waals surface area contributed by atoms with Gasteiger partial charge in [-0.2, -0.15) is 0 Å². The van der Waals surface area contributed by atoms with Crippen LogP contribution in [0.25, 0.3) is 4.83 Å². The third-order valence-corrected chi connectivity index (χ3v) is 15.2. The average molecular weight is 691 g/mol.